The van der Waals surface area contributed by atoms with Crippen molar-refractivity contribution in [3.05, 3.63) is 24.3 Å². The molecule has 166 valence electrons. The van der Waals surface area contributed by atoms with E-state index < -0.39 is 10.0 Å². The minimum Gasteiger partial charge on any atom is -0.484 e. The minimum atomic E-state index is -3.57. The van der Waals surface area contributed by atoms with Gasteiger partial charge in [0.2, 0.25) is 10.0 Å². The lowest BCUT2D eigenvalue weighted by Gasteiger charge is -2.31. The topological polar surface area (TPSA) is 102 Å². The van der Waals surface area contributed by atoms with Crippen molar-refractivity contribution in [3.63, 3.8) is 0 Å². The lowest BCUT2D eigenvalue weighted by molar-refractivity contribution is -0.151. The van der Waals surface area contributed by atoms with Gasteiger partial charge >= 0.3 is 5.97 Å². The van der Waals surface area contributed by atoms with Crippen LogP contribution in [-0.2, 0) is 29.1 Å². The molecule has 1 aromatic rings. The summed E-state index contributed by atoms with van der Waals surface area (Å²) in [5.74, 6) is -0.377. The first-order valence-corrected chi connectivity index (χ1v) is 11.6. The minimum absolute atomic E-state index is 0.175. The smallest absolute Gasteiger partial charge is 0.310 e. The molecule has 2 aliphatic heterocycles. The van der Waals surface area contributed by atoms with Gasteiger partial charge in [-0.25, -0.2) is 8.42 Å². The molecule has 2 saturated heterocycles. The largest absolute Gasteiger partial charge is 0.484 e. The van der Waals surface area contributed by atoms with E-state index in [0.29, 0.717) is 58.2 Å². The molecule has 1 aromatic carbocycles. The van der Waals surface area contributed by atoms with Gasteiger partial charge in [-0.3, -0.25) is 9.59 Å². The van der Waals surface area contributed by atoms with Gasteiger partial charge in [0.1, 0.15) is 5.75 Å². The average molecular weight is 441 g/mol. The molecule has 0 bridgehead atoms. The van der Waals surface area contributed by atoms with Crippen LogP contribution < -0.4 is 4.74 Å². The Morgan fingerprint density at radius 2 is 1.83 bits per heavy atom. The molecule has 0 aromatic heterocycles. The van der Waals surface area contributed by atoms with Crippen molar-refractivity contribution in [1.29, 1.82) is 0 Å². The quantitative estimate of drug-likeness (QED) is 0.580. The third-order valence-electron chi connectivity index (χ3n) is 5.19. The Hall–Kier alpha value is -2.17. The Morgan fingerprint density at radius 3 is 2.50 bits per heavy atom. The Kier molecular flexibility index (Phi) is 7.68. The van der Waals surface area contributed by atoms with Crippen LogP contribution in [0.5, 0.6) is 5.75 Å². The zero-order valence-corrected chi connectivity index (χ0v) is 17.9. The third kappa shape index (κ3) is 5.50. The molecule has 1 unspecified atom stereocenters. The number of sulfonamides is 1. The Morgan fingerprint density at radius 1 is 1.13 bits per heavy atom. The number of benzene rings is 1. The van der Waals surface area contributed by atoms with E-state index in [4.69, 9.17) is 14.2 Å². The highest BCUT2D eigenvalue weighted by molar-refractivity contribution is 7.89. The summed E-state index contributed by atoms with van der Waals surface area (Å²) in [6.45, 7) is 4.25. The van der Waals surface area contributed by atoms with Gasteiger partial charge in [-0.05, 0) is 44.0 Å². The fraction of sp³-hybridized carbons (Fsp3) is 0.600. The van der Waals surface area contributed by atoms with Gasteiger partial charge in [0, 0.05) is 26.2 Å². The first-order valence-electron chi connectivity index (χ1n) is 10.2. The van der Waals surface area contributed by atoms with Crippen LogP contribution in [0.15, 0.2) is 29.2 Å². The number of amides is 1. The summed E-state index contributed by atoms with van der Waals surface area (Å²) in [5.41, 5.74) is 0. The van der Waals surface area contributed by atoms with E-state index in [2.05, 4.69) is 0 Å². The van der Waals surface area contributed by atoms with Crippen molar-refractivity contribution in [2.75, 3.05) is 52.6 Å². The summed E-state index contributed by atoms with van der Waals surface area (Å²) in [7, 11) is -3.57. The molecule has 2 heterocycles. The van der Waals surface area contributed by atoms with Crippen molar-refractivity contribution in [3.8, 4) is 5.75 Å². The van der Waals surface area contributed by atoms with Crippen LogP contribution in [0.3, 0.4) is 0 Å². The monoisotopic (exact) mass is 440 g/mol. The number of hydrogen-bond donors (Lipinski definition) is 0. The lowest BCUT2D eigenvalue weighted by Crippen LogP contribution is -2.44. The number of esters is 1. The second kappa shape index (κ2) is 10.2. The molecular formula is C20H28N2O7S. The van der Waals surface area contributed by atoms with Gasteiger partial charge in [-0.2, -0.15) is 4.31 Å². The second-order valence-corrected chi connectivity index (χ2v) is 9.15. The van der Waals surface area contributed by atoms with Gasteiger partial charge in [0.05, 0.1) is 30.6 Å². The summed E-state index contributed by atoms with van der Waals surface area (Å²) in [5, 5.41) is 0. The Labute approximate surface area is 176 Å². The van der Waals surface area contributed by atoms with E-state index in [1.807, 2.05) is 0 Å². The highest BCUT2D eigenvalue weighted by Gasteiger charge is 2.29. The molecule has 0 saturated carbocycles. The SMILES string of the molecule is CCOC(=O)C1CCCN(C(=O)COc2ccc(S(=O)(=O)N3CCOCC3)cc2)C1. The molecular weight excluding hydrogens is 412 g/mol. The first-order chi connectivity index (χ1) is 14.4. The zero-order chi connectivity index (χ0) is 21.6. The molecule has 9 nitrogen and oxygen atoms in total. The maximum Gasteiger partial charge on any atom is 0.310 e. The summed E-state index contributed by atoms with van der Waals surface area (Å²) in [6, 6.07) is 6.03. The van der Waals surface area contributed by atoms with Crippen molar-refractivity contribution in [2.24, 2.45) is 5.92 Å². The fourth-order valence-electron chi connectivity index (χ4n) is 3.54. The Bertz CT molecular complexity index is 835. The molecule has 3 rings (SSSR count). The molecule has 1 atom stereocenters. The van der Waals surface area contributed by atoms with Crippen LogP contribution in [-0.4, -0.2) is 82.1 Å². The number of carbonyl (C=O) groups excluding carboxylic acids is 2. The number of likely N-dealkylation sites (tertiary alicyclic amines) is 1. The molecule has 10 heteroatoms. The second-order valence-electron chi connectivity index (χ2n) is 7.21. The maximum atomic E-state index is 12.6. The highest BCUT2D eigenvalue weighted by atomic mass is 32.2. The van der Waals surface area contributed by atoms with Gasteiger partial charge in [-0.1, -0.05) is 0 Å². The molecule has 1 amide bonds. The van der Waals surface area contributed by atoms with Crippen molar-refractivity contribution in [1.82, 2.24) is 9.21 Å². The molecule has 0 radical (unpaired) electrons. The number of piperidine rings is 1. The van der Waals surface area contributed by atoms with Crippen LogP contribution in [0.2, 0.25) is 0 Å². The molecule has 2 fully saturated rings. The van der Waals surface area contributed by atoms with Crippen LogP contribution in [0.4, 0.5) is 0 Å². The predicted octanol–water partition coefficient (Wildman–Crippen LogP) is 0.888. The van der Waals surface area contributed by atoms with Gasteiger partial charge in [0.25, 0.3) is 5.91 Å². The van der Waals surface area contributed by atoms with E-state index in [1.54, 1.807) is 11.8 Å². The summed E-state index contributed by atoms with van der Waals surface area (Å²) in [4.78, 5) is 26.2. The molecule has 0 N–H and O–H groups in total. The number of morpholine rings is 1. The van der Waals surface area contributed by atoms with E-state index in [1.165, 1.54) is 28.6 Å². The zero-order valence-electron chi connectivity index (χ0n) is 17.1. The third-order valence-corrected chi connectivity index (χ3v) is 7.10. The number of rotatable bonds is 7. The van der Waals surface area contributed by atoms with Crippen LogP contribution in [0.25, 0.3) is 0 Å². The van der Waals surface area contributed by atoms with Gasteiger partial charge in [0.15, 0.2) is 6.61 Å². The number of hydrogen-bond acceptors (Lipinski definition) is 7. The predicted molar refractivity (Wildman–Crippen MR) is 107 cm³/mol. The van der Waals surface area contributed by atoms with Crippen LogP contribution in [0, 0.1) is 5.92 Å². The van der Waals surface area contributed by atoms with Crippen LogP contribution in [0.1, 0.15) is 19.8 Å². The van der Waals surface area contributed by atoms with Gasteiger partial charge < -0.3 is 19.1 Å². The first kappa shape index (κ1) is 22.5. The van der Waals surface area contributed by atoms with E-state index in [9.17, 15) is 18.0 Å². The van der Waals surface area contributed by atoms with Crippen molar-refractivity contribution < 1.29 is 32.2 Å². The van der Waals surface area contributed by atoms with E-state index in [0.717, 1.165) is 6.42 Å². The number of ether oxygens (including phenoxy) is 3. The maximum absolute atomic E-state index is 12.6. The van der Waals surface area contributed by atoms with Crippen LogP contribution >= 0.6 is 0 Å². The molecule has 2 aliphatic rings. The highest BCUT2D eigenvalue weighted by Crippen LogP contribution is 2.21. The Balaban J connectivity index is 1.53. The molecule has 30 heavy (non-hydrogen) atoms. The van der Waals surface area contributed by atoms with Crippen molar-refractivity contribution >= 4 is 21.9 Å². The summed E-state index contributed by atoms with van der Waals surface area (Å²) >= 11 is 0. The standard InChI is InChI=1S/C20H28N2O7S/c1-2-28-20(24)16-4-3-9-21(14-16)19(23)15-29-17-5-7-18(8-6-17)30(25,26)22-10-12-27-13-11-22/h5-8,16H,2-4,9-15H2,1H3. The summed E-state index contributed by atoms with van der Waals surface area (Å²) in [6.07, 6.45) is 1.45. The summed E-state index contributed by atoms with van der Waals surface area (Å²) < 4.78 is 42.5. The fourth-order valence-corrected chi connectivity index (χ4v) is 4.94. The lowest BCUT2D eigenvalue weighted by atomic mass is 9.98. The number of carbonyl (C=O) groups is 2. The molecule has 0 spiro atoms. The average Bonchev–Trinajstić information content (AvgIpc) is 2.78. The van der Waals surface area contributed by atoms with Gasteiger partial charge in [-0.15, -0.1) is 0 Å². The van der Waals surface area contributed by atoms with E-state index in [-0.39, 0.29) is 29.3 Å². The van der Waals surface area contributed by atoms with Crippen molar-refractivity contribution in [2.45, 2.75) is 24.7 Å². The number of nitrogens with zero attached hydrogens (tertiary/aromatic N) is 2. The molecule has 0 aliphatic carbocycles. The van der Waals surface area contributed by atoms with E-state index >= 15 is 0 Å². The normalized spacial score (nSPS) is 20.6.